The predicted octanol–water partition coefficient (Wildman–Crippen LogP) is 4.33. The zero-order valence-corrected chi connectivity index (χ0v) is 16.3. The number of likely N-dealkylation sites (N-methyl/N-ethyl adjacent to an activating group) is 1. The van der Waals surface area contributed by atoms with Crippen molar-refractivity contribution in [3.63, 3.8) is 0 Å². The monoisotopic (exact) mass is 377 g/mol. The van der Waals surface area contributed by atoms with Gasteiger partial charge in [0.25, 0.3) is 5.91 Å². The SMILES string of the molecule is CN(CCCCCc1cc(-c2ccccc2)n[nH]1)C(=O)COc1ccccc1. The van der Waals surface area contributed by atoms with Gasteiger partial charge in [0.15, 0.2) is 6.61 Å². The van der Waals surface area contributed by atoms with Gasteiger partial charge in [-0.05, 0) is 37.5 Å². The molecule has 0 saturated heterocycles. The lowest BCUT2D eigenvalue weighted by atomic mass is 10.1. The third-order valence-electron chi connectivity index (χ3n) is 4.67. The molecule has 0 spiro atoms. The Kier molecular flexibility index (Phi) is 7.24. The van der Waals surface area contributed by atoms with Crippen LogP contribution in [-0.2, 0) is 11.2 Å². The quantitative estimate of drug-likeness (QED) is 0.535. The molecule has 3 rings (SSSR count). The molecule has 0 radical (unpaired) electrons. The smallest absolute Gasteiger partial charge is 0.260 e. The van der Waals surface area contributed by atoms with Gasteiger partial charge in [0, 0.05) is 24.8 Å². The molecule has 1 N–H and O–H groups in total. The molecule has 0 saturated carbocycles. The van der Waals surface area contributed by atoms with E-state index in [9.17, 15) is 4.79 Å². The molecular weight excluding hydrogens is 350 g/mol. The summed E-state index contributed by atoms with van der Waals surface area (Å²) in [6, 6.07) is 21.7. The van der Waals surface area contributed by atoms with Crippen LogP contribution in [0, 0.1) is 0 Å². The first-order valence-electron chi connectivity index (χ1n) is 9.74. The number of amides is 1. The molecule has 2 aromatic carbocycles. The van der Waals surface area contributed by atoms with Gasteiger partial charge in [-0.1, -0.05) is 55.0 Å². The van der Waals surface area contributed by atoms with E-state index in [1.807, 2.05) is 55.6 Å². The Balaban J connectivity index is 1.31. The van der Waals surface area contributed by atoms with Crippen molar-refractivity contribution in [3.8, 4) is 17.0 Å². The fourth-order valence-corrected chi connectivity index (χ4v) is 2.98. The number of nitrogens with one attached hydrogen (secondary N) is 1. The van der Waals surface area contributed by atoms with Crippen LogP contribution in [0.5, 0.6) is 5.75 Å². The van der Waals surface area contributed by atoms with Crippen LogP contribution in [0.25, 0.3) is 11.3 Å². The second kappa shape index (κ2) is 10.3. The van der Waals surface area contributed by atoms with Gasteiger partial charge in [-0.3, -0.25) is 9.89 Å². The number of nitrogens with zero attached hydrogens (tertiary/aromatic N) is 2. The average molecular weight is 377 g/mol. The topological polar surface area (TPSA) is 58.2 Å². The summed E-state index contributed by atoms with van der Waals surface area (Å²) in [6.45, 7) is 0.826. The lowest BCUT2D eigenvalue weighted by molar-refractivity contribution is -0.132. The van der Waals surface area contributed by atoms with Crippen LogP contribution in [0.3, 0.4) is 0 Å². The largest absolute Gasteiger partial charge is 0.484 e. The molecule has 1 aromatic heterocycles. The van der Waals surface area contributed by atoms with E-state index in [1.54, 1.807) is 4.90 Å². The van der Waals surface area contributed by atoms with E-state index in [-0.39, 0.29) is 12.5 Å². The fourth-order valence-electron chi connectivity index (χ4n) is 2.98. The van der Waals surface area contributed by atoms with Gasteiger partial charge in [0.1, 0.15) is 5.75 Å². The molecule has 28 heavy (non-hydrogen) atoms. The van der Waals surface area contributed by atoms with Gasteiger partial charge in [-0.25, -0.2) is 0 Å². The van der Waals surface area contributed by atoms with Crippen molar-refractivity contribution in [3.05, 3.63) is 72.4 Å². The maximum Gasteiger partial charge on any atom is 0.260 e. The number of carbonyl (C=O) groups is 1. The molecule has 0 aliphatic heterocycles. The number of ether oxygens (including phenoxy) is 1. The molecule has 0 aliphatic carbocycles. The van der Waals surface area contributed by atoms with Gasteiger partial charge >= 0.3 is 0 Å². The third-order valence-corrected chi connectivity index (χ3v) is 4.67. The molecule has 3 aromatic rings. The summed E-state index contributed by atoms with van der Waals surface area (Å²) in [7, 11) is 1.83. The number of H-pyrrole nitrogens is 1. The summed E-state index contributed by atoms with van der Waals surface area (Å²) >= 11 is 0. The first kappa shape index (κ1) is 19.7. The minimum atomic E-state index is 0.00456. The Hall–Kier alpha value is -3.08. The summed E-state index contributed by atoms with van der Waals surface area (Å²) in [5.41, 5.74) is 3.27. The Morgan fingerprint density at radius 1 is 1.00 bits per heavy atom. The molecule has 0 fully saturated rings. The molecule has 0 unspecified atom stereocenters. The number of aromatic nitrogens is 2. The van der Waals surface area contributed by atoms with Gasteiger partial charge in [0.2, 0.25) is 0 Å². The highest BCUT2D eigenvalue weighted by Gasteiger charge is 2.09. The number of benzene rings is 2. The van der Waals surface area contributed by atoms with Crippen LogP contribution in [0.4, 0.5) is 0 Å². The van der Waals surface area contributed by atoms with Crippen molar-refractivity contribution in [2.24, 2.45) is 0 Å². The molecule has 1 amide bonds. The minimum absolute atomic E-state index is 0.00456. The van der Waals surface area contributed by atoms with Crippen LogP contribution >= 0.6 is 0 Å². The lowest BCUT2D eigenvalue weighted by Crippen LogP contribution is -2.32. The van der Waals surface area contributed by atoms with E-state index in [0.717, 1.165) is 54.9 Å². The Bertz CT molecular complexity index is 847. The number of aromatic amines is 1. The van der Waals surface area contributed by atoms with Crippen molar-refractivity contribution in [1.29, 1.82) is 0 Å². The van der Waals surface area contributed by atoms with Gasteiger partial charge in [-0.15, -0.1) is 0 Å². The molecule has 5 nitrogen and oxygen atoms in total. The van der Waals surface area contributed by atoms with Crippen LogP contribution in [-0.4, -0.2) is 41.2 Å². The maximum atomic E-state index is 12.1. The maximum absolute atomic E-state index is 12.1. The number of carbonyl (C=O) groups excluding carboxylic acids is 1. The van der Waals surface area contributed by atoms with Crippen LogP contribution in [0.2, 0.25) is 0 Å². The second-order valence-corrected chi connectivity index (χ2v) is 6.87. The van der Waals surface area contributed by atoms with E-state index in [1.165, 1.54) is 0 Å². The first-order chi connectivity index (χ1) is 13.7. The number of hydrogen-bond acceptors (Lipinski definition) is 3. The van der Waals surface area contributed by atoms with Gasteiger partial charge in [0.05, 0.1) is 5.69 Å². The third kappa shape index (κ3) is 5.98. The highest BCUT2D eigenvalue weighted by atomic mass is 16.5. The number of para-hydroxylation sites is 1. The molecule has 0 atom stereocenters. The fraction of sp³-hybridized carbons (Fsp3) is 0.304. The highest BCUT2D eigenvalue weighted by molar-refractivity contribution is 5.77. The number of unbranched alkanes of at least 4 members (excludes halogenated alkanes) is 2. The van der Waals surface area contributed by atoms with E-state index >= 15 is 0 Å². The van der Waals surface area contributed by atoms with Crippen LogP contribution < -0.4 is 4.74 Å². The predicted molar refractivity (Wildman–Crippen MR) is 111 cm³/mol. The Labute approximate surface area is 166 Å². The second-order valence-electron chi connectivity index (χ2n) is 6.87. The standard InChI is InChI=1S/C23H27N3O2/c1-26(23(27)18-28-21-14-8-3-9-15-21)16-10-4-7-13-20-17-22(25-24-20)19-11-5-2-6-12-19/h2-3,5-6,8-9,11-12,14-15,17H,4,7,10,13,16,18H2,1H3,(H,24,25). The zero-order valence-electron chi connectivity index (χ0n) is 16.3. The van der Waals surface area contributed by atoms with Crippen molar-refractivity contribution in [1.82, 2.24) is 15.1 Å². The van der Waals surface area contributed by atoms with Crippen LogP contribution in [0.1, 0.15) is 25.0 Å². The number of rotatable bonds is 10. The van der Waals surface area contributed by atoms with Crippen molar-refractivity contribution in [2.45, 2.75) is 25.7 Å². The van der Waals surface area contributed by atoms with Crippen LogP contribution in [0.15, 0.2) is 66.7 Å². The van der Waals surface area contributed by atoms with E-state index < -0.39 is 0 Å². The van der Waals surface area contributed by atoms with E-state index in [0.29, 0.717) is 0 Å². The Morgan fingerprint density at radius 2 is 1.71 bits per heavy atom. The first-order valence-corrected chi connectivity index (χ1v) is 9.74. The summed E-state index contributed by atoms with van der Waals surface area (Å²) in [5, 5.41) is 7.51. The summed E-state index contributed by atoms with van der Waals surface area (Å²) in [6.07, 6.45) is 4.08. The molecule has 146 valence electrons. The van der Waals surface area contributed by atoms with Gasteiger partial charge in [-0.2, -0.15) is 5.10 Å². The molecule has 0 aliphatic rings. The number of hydrogen-bond donors (Lipinski definition) is 1. The number of aryl methyl sites for hydroxylation is 1. The molecule has 5 heteroatoms. The Morgan fingerprint density at radius 3 is 2.46 bits per heavy atom. The average Bonchev–Trinajstić information content (AvgIpc) is 3.22. The lowest BCUT2D eigenvalue weighted by Gasteiger charge is -2.17. The summed E-state index contributed by atoms with van der Waals surface area (Å²) < 4.78 is 5.51. The molecule has 0 bridgehead atoms. The normalized spacial score (nSPS) is 10.6. The molecule has 1 heterocycles. The van der Waals surface area contributed by atoms with Crippen molar-refractivity contribution >= 4 is 5.91 Å². The van der Waals surface area contributed by atoms with Gasteiger partial charge < -0.3 is 9.64 Å². The minimum Gasteiger partial charge on any atom is -0.484 e. The summed E-state index contributed by atoms with van der Waals surface area (Å²) in [5.74, 6) is 0.726. The van der Waals surface area contributed by atoms with Crippen molar-refractivity contribution in [2.75, 3.05) is 20.2 Å². The summed E-state index contributed by atoms with van der Waals surface area (Å²) in [4.78, 5) is 13.9. The zero-order chi connectivity index (χ0) is 19.6. The van der Waals surface area contributed by atoms with Crippen molar-refractivity contribution < 1.29 is 9.53 Å². The highest BCUT2D eigenvalue weighted by Crippen LogP contribution is 2.18. The van der Waals surface area contributed by atoms with E-state index in [2.05, 4.69) is 28.4 Å². The van der Waals surface area contributed by atoms with E-state index in [4.69, 9.17) is 4.74 Å². The molecular formula is C23H27N3O2.